The third-order valence-corrected chi connectivity index (χ3v) is 4.16. The lowest BCUT2D eigenvalue weighted by molar-refractivity contribution is -0.132. The van der Waals surface area contributed by atoms with Crippen molar-refractivity contribution in [2.45, 2.75) is 12.2 Å². The molecule has 0 bridgehead atoms. The van der Waals surface area contributed by atoms with Crippen LogP contribution in [0.25, 0.3) is 10.9 Å². The number of pyridine rings is 1. The van der Waals surface area contributed by atoms with E-state index in [-0.39, 0.29) is 17.9 Å². The number of aliphatic hydroxyl groups excluding tert-OH is 1. The van der Waals surface area contributed by atoms with E-state index in [0.717, 1.165) is 10.9 Å². The quantitative estimate of drug-likeness (QED) is 0.879. The van der Waals surface area contributed by atoms with Gasteiger partial charge in [-0.3, -0.25) is 9.78 Å². The van der Waals surface area contributed by atoms with E-state index in [1.54, 1.807) is 13.3 Å². The van der Waals surface area contributed by atoms with E-state index in [2.05, 4.69) is 10.3 Å². The van der Waals surface area contributed by atoms with E-state index in [4.69, 9.17) is 9.47 Å². The van der Waals surface area contributed by atoms with Gasteiger partial charge in [-0.05, 0) is 12.1 Å². The first-order valence-electron chi connectivity index (χ1n) is 7.60. The van der Waals surface area contributed by atoms with Crippen molar-refractivity contribution in [3.8, 4) is 0 Å². The number of para-hydroxylation sites is 1. The topological polar surface area (TPSA) is 80.7 Å². The summed E-state index contributed by atoms with van der Waals surface area (Å²) in [5, 5.41) is 13.9. The molecule has 0 radical (unpaired) electrons. The summed E-state index contributed by atoms with van der Waals surface area (Å²) in [6.45, 7) is 1.10. The van der Waals surface area contributed by atoms with E-state index < -0.39 is 6.10 Å². The molecule has 3 atom stereocenters. The van der Waals surface area contributed by atoms with Crippen molar-refractivity contribution in [3.05, 3.63) is 42.1 Å². The third kappa shape index (κ3) is 3.50. The number of methoxy groups -OCH3 is 1. The van der Waals surface area contributed by atoms with Crippen LogP contribution in [-0.4, -0.2) is 55.1 Å². The molecular weight excluding hydrogens is 296 g/mol. The summed E-state index contributed by atoms with van der Waals surface area (Å²) in [5.41, 5.74) is 1.35. The molecule has 1 aliphatic heterocycles. The SMILES string of the molecule is CO[C@@H]1COC[C@@H](CNC(=O)c2cnc3ccccc3c2)[C@@H]1O. The van der Waals surface area contributed by atoms with Crippen LogP contribution in [-0.2, 0) is 9.47 Å². The maximum Gasteiger partial charge on any atom is 0.252 e. The largest absolute Gasteiger partial charge is 0.390 e. The van der Waals surface area contributed by atoms with Crippen LogP contribution in [0.2, 0.25) is 0 Å². The van der Waals surface area contributed by atoms with Crippen molar-refractivity contribution in [2.24, 2.45) is 5.92 Å². The highest BCUT2D eigenvalue weighted by atomic mass is 16.5. The molecule has 0 saturated carbocycles. The predicted molar refractivity (Wildman–Crippen MR) is 85.2 cm³/mol. The molecule has 1 aromatic heterocycles. The monoisotopic (exact) mass is 316 g/mol. The number of amides is 1. The van der Waals surface area contributed by atoms with Gasteiger partial charge in [0.05, 0.1) is 30.4 Å². The van der Waals surface area contributed by atoms with Crippen LogP contribution in [0.4, 0.5) is 0 Å². The smallest absolute Gasteiger partial charge is 0.252 e. The molecule has 0 spiro atoms. The van der Waals surface area contributed by atoms with Crippen LogP contribution >= 0.6 is 0 Å². The van der Waals surface area contributed by atoms with Gasteiger partial charge in [0.15, 0.2) is 0 Å². The second kappa shape index (κ2) is 7.04. The zero-order chi connectivity index (χ0) is 16.2. The van der Waals surface area contributed by atoms with Gasteiger partial charge in [-0.1, -0.05) is 18.2 Å². The standard InChI is InChI=1S/C17H20N2O4/c1-22-15-10-23-9-13(16(15)20)8-19-17(21)12-6-11-4-2-3-5-14(11)18-7-12/h2-7,13,15-16,20H,8-10H2,1H3,(H,19,21)/t13-,15-,16+/m1/s1. The van der Waals surface area contributed by atoms with Gasteiger partial charge in [-0.15, -0.1) is 0 Å². The number of nitrogens with one attached hydrogen (secondary N) is 1. The average Bonchev–Trinajstić information content (AvgIpc) is 2.60. The first-order chi connectivity index (χ1) is 11.2. The Morgan fingerprint density at radius 2 is 2.26 bits per heavy atom. The Morgan fingerprint density at radius 3 is 3.09 bits per heavy atom. The van der Waals surface area contributed by atoms with Crippen LogP contribution in [0.15, 0.2) is 36.5 Å². The fourth-order valence-corrected chi connectivity index (χ4v) is 2.74. The highest BCUT2D eigenvalue weighted by Crippen LogP contribution is 2.17. The van der Waals surface area contributed by atoms with Crippen molar-refractivity contribution in [1.29, 1.82) is 0 Å². The molecule has 3 rings (SSSR count). The van der Waals surface area contributed by atoms with E-state index in [0.29, 0.717) is 25.3 Å². The minimum absolute atomic E-state index is 0.189. The number of hydrogen-bond donors (Lipinski definition) is 2. The van der Waals surface area contributed by atoms with Crippen LogP contribution < -0.4 is 5.32 Å². The number of aromatic nitrogens is 1. The number of rotatable bonds is 4. The first kappa shape index (κ1) is 15.9. The summed E-state index contributed by atoms with van der Waals surface area (Å²) in [4.78, 5) is 16.6. The lowest BCUT2D eigenvalue weighted by atomic mass is 9.96. The minimum atomic E-state index is -0.649. The molecule has 1 amide bonds. The minimum Gasteiger partial charge on any atom is -0.390 e. The summed E-state index contributed by atoms with van der Waals surface area (Å²) >= 11 is 0. The average molecular weight is 316 g/mol. The molecule has 2 aromatic rings. The van der Waals surface area contributed by atoms with E-state index >= 15 is 0 Å². The van der Waals surface area contributed by atoms with E-state index in [1.165, 1.54) is 0 Å². The zero-order valence-corrected chi connectivity index (χ0v) is 12.9. The lowest BCUT2D eigenvalue weighted by Crippen LogP contribution is -2.49. The zero-order valence-electron chi connectivity index (χ0n) is 12.9. The number of carbonyl (C=O) groups excluding carboxylic acids is 1. The van der Waals surface area contributed by atoms with Crippen LogP contribution in [0.3, 0.4) is 0 Å². The number of hydrogen-bond acceptors (Lipinski definition) is 5. The molecule has 1 aliphatic rings. The highest BCUT2D eigenvalue weighted by Gasteiger charge is 2.32. The normalized spacial score (nSPS) is 24.5. The Morgan fingerprint density at radius 1 is 1.43 bits per heavy atom. The highest BCUT2D eigenvalue weighted by molar-refractivity contribution is 5.97. The van der Waals surface area contributed by atoms with Gasteiger partial charge < -0.3 is 19.9 Å². The molecule has 1 saturated heterocycles. The summed E-state index contributed by atoms with van der Waals surface area (Å²) in [6.07, 6.45) is 0.556. The predicted octanol–water partition coefficient (Wildman–Crippen LogP) is 0.987. The van der Waals surface area contributed by atoms with Crippen molar-refractivity contribution < 1.29 is 19.4 Å². The van der Waals surface area contributed by atoms with Gasteiger partial charge in [-0.2, -0.15) is 0 Å². The molecule has 1 fully saturated rings. The summed E-state index contributed by atoms with van der Waals surface area (Å²) in [6, 6.07) is 9.44. The maximum absolute atomic E-state index is 12.3. The summed E-state index contributed by atoms with van der Waals surface area (Å²) in [5.74, 6) is -0.402. The number of fused-ring (bicyclic) bond motifs is 1. The Kier molecular flexibility index (Phi) is 4.85. The van der Waals surface area contributed by atoms with Gasteiger partial charge in [0.1, 0.15) is 6.10 Å². The van der Waals surface area contributed by atoms with Gasteiger partial charge in [0.25, 0.3) is 5.91 Å². The third-order valence-electron chi connectivity index (χ3n) is 4.16. The first-order valence-corrected chi connectivity index (χ1v) is 7.60. The molecule has 0 unspecified atom stereocenters. The molecule has 122 valence electrons. The van der Waals surface area contributed by atoms with Crippen molar-refractivity contribution >= 4 is 16.8 Å². The van der Waals surface area contributed by atoms with Gasteiger partial charge >= 0.3 is 0 Å². The molecule has 1 aromatic carbocycles. The Hall–Kier alpha value is -2.02. The summed E-state index contributed by atoms with van der Waals surface area (Å²) in [7, 11) is 1.54. The molecule has 23 heavy (non-hydrogen) atoms. The van der Waals surface area contributed by atoms with E-state index in [1.807, 2.05) is 30.3 Å². The van der Waals surface area contributed by atoms with Gasteiger partial charge in [0, 0.05) is 31.2 Å². The Balaban J connectivity index is 1.64. The second-order valence-corrected chi connectivity index (χ2v) is 5.69. The van der Waals surface area contributed by atoms with Gasteiger partial charge in [0.2, 0.25) is 0 Å². The van der Waals surface area contributed by atoms with Crippen molar-refractivity contribution in [3.63, 3.8) is 0 Å². The Bertz CT molecular complexity index is 691. The number of benzene rings is 1. The summed E-state index contributed by atoms with van der Waals surface area (Å²) < 4.78 is 10.6. The molecular formula is C17H20N2O4. The van der Waals surface area contributed by atoms with Crippen molar-refractivity contribution in [1.82, 2.24) is 10.3 Å². The molecule has 6 nitrogen and oxygen atoms in total. The van der Waals surface area contributed by atoms with Gasteiger partial charge in [-0.25, -0.2) is 0 Å². The number of aliphatic hydroxyl groups is 1. The lowest BCUT2D eigenvalue weighted by Gasteiger charge is -2.33. The van der Waals surface area contributed by atoms with Crippen molar-refractivity contribution in [2.75, 3.05) is 26.9 Å². The molecule has 2 N–H and O–H groups in total. The number of nitrogens with zero attached hydrogens (tertiary/aromatic N) is 1. The van der Waals surface area contributed by atoms with Crippen LogP contribution in [0.5, 0.6) is 0 Å². The maximum atomic E-state index is 12.3. The fourth-order valence-electron chi connectivity index (χ4n) is 2.74. The van der Waals surface area contributed by atoms with Crippen LogP contribution in [0, 0.1) is 5.92 Å². The van der Waals surface area contributed by atoms with E-state index in [9.17, 15) is 9.90 Å². The van der Waals surface area contributed by atoms with Crippen LogP contribution in [0.1, 0.15) is 10.4 Å². The number of carbonyl (C=O) groups is 1. The number of ether oxygens (including phenoxy) is 2. The molecule has 0 aliphatic carbocycles. The molecule has 6 heteroatoms. The fraction of sp³-hybridized carbons (Fsp3) is 0.412. The Labute approximate surface area is 134 Å². The second-order valence-electron chi connectivity index (χ2n) is 5.69. The molecule has 2 heterocycles.